The van der Waals surface area contributed by atoms with Gasteiger partial charge in [0.15, 0.2) is 0 Å². The lowest BCUT2D eigenvalue weighted by molar-refractivity contribution is -0.133. The number of piperidine rings is 1. The lowest BCUT2D eigenvalue weighted by Gasteiger charge is -2.37. The normalized spacial score (nSPS) is 31.2. The number of nitrogens with zero attached hydrogens (tertiary/aromatic N) is 1. The number of likely N-dealkylation sites (tertiary alicyclic amines) is 1. The molecule has 2 fully saturated rings. The second-order valence-corrected chi connectivity index (χ2v) is 4.78. The molecule has 2 aliphatic rings. The smallest absolute Gasteiger partial charge is 0.332 e. The Balaban J connectivity index is 1.96. The average molecular weight is 209 g/mol. The standard InChI is InChI=1S/C12H19NO2/c1-9(12(14)15)8-13-7-3-5-10-4-2-6-11(10)13/h10-11H,1-8H2,(H,14,15). The fourth-order valence-electron chi connectivity index (χ4n) is 3.07. The van der Waals surface area contributed by atoms with Crippen LogP contribution in [0.1, 0.15) is 32.1 Å². The van der Waals surface area contributed by atoms with Gasteiger partial charge < -0.3 is 5.11 Å². The van der Waals surface area contributed by atoms with Crippen molar-refractivity contribution < 1.29 is 9.90 Å². The number of carbonyl (C=O) groups is 1. The zero-order chi connectivity index (χ0) is 10.8. The summed E-state index contributed by atoms with van der Waals surface area (Å²) in [6.45, 7) is 5.22. The molecule has 0 aromatic heterocycles. The van der Waals surface area contributed by atoms with Gasteiger partial charge in [-0.25, -0.2) is 4.79 Å². The first-order valence-electron chi connectivity index (χ1n) is 5.83. The van der Waals surface area contributed by atoms with E-state index >= 15 is 0 Å². The van der Waals surface area contributed by atoms with Crippen molar-refractivity contribution in [3.63, 3.8) is 0 Å². The van der Waals surface area contributed by atoms with Crippen molar-refractivity contribution in [3.05, 3.63) is 12.2 Å². The Morgan fingerprint density at radius 2 is 2.07 bits per heavy atom. The Morgan fingerprint density at radius 1 is 1.33 bits per heavy atom. The molecule has 84 valence electrons. The van der Waals surface area contributed by atoms with E-state index in [-0.39, 0.29) is 0 Å². The molecule has 0 radical (unpaired) electrons. The van der Waals surface area contributed by atoms with Crippen LogP contribution in [-0.4, -0.2) is 35.1 Å². The van der Waals surface area contributed by atoms with Crippen LogP contribution >= 0.6 is 0 Å². The zero-order valence-corrected chi connectivity index (χ0v) is 9.11. The van der Waals surface area contributed by atoms with Gasteiger partial charge >= 0.3 is 5.97 Å². The molecule has 0 aromatic rings. The van der Waals surface area contributed by atoms with Crippen LogP contribution in [-0.2, 0) is 4.79 Å². The molecule has 0 bridgehead atoms. The van der Waals surface area contributed by atoms with E-state index in [1.165, 1.54) is 32.1 Å². The van der Waals surface area contributed by atoms with Crippen molar-refractivity contribution in [2.45, 2.75) is 38.1 Å². The van der Waals surface area contributed by atoms with Gasteiger partial charge in [-0.05, 0) is 38.1 Å². The van der Waals surface area contributed by atoms with Gasteiger partial charge in [-0.1, -0.05) is 13.0 Å². The van der Waals surface area contributed by atoms with Gasteiger partial charge in [0.1, 0.15) is 0 Å². The molecule has 0 amide bonds. The summed E-state index contributed by atoms with van der Waals surface area (Å²) in [6.07, 6.45) is 6.44. The highest BCUT2D eigenvalue weighted by Gasteiger charge is 2.35. The molecule has 0 aromatic carbocycles. The largest absolute Gasteiger partial charge is 0.478 e. The van der Waals surface area contributed by atoms with Crippen molar-refractivity contribution in [3.8, 4) is 0 Å². The number of fused-ring (bicyclic) bond motifs is 1. The van der Waals surface area contributed by atoms with Crippen molar-refractivity contribution in [2.75, 3.05) is 13.1 Å². The fourth-order valence-corrected chi connectivity index (χ4v) is 3.07. The molecule has 2 unspecified atom stereocenters. The van der Waals surface area contributed by atoms with Crippen LogP contribution in [0.2, 0.25) is 0 Å². The molecule has 3 heteroatoms. The molecule has 3 nitrogen and oxygen atoms in total. The molecular weight excluding hydrogens is 190 g/mol. The molecule has 2 rings (SSSR count). The average Bonchev–Trinajstić information content (AvgIpc) is 2.66. The Labute approximate surface area is 90.8 Å². The predicted octanol–water partition coefficient (Wildman–Crippen LogP) is 1.89. The van der Waals surface area contributed by atoms with Crippen molar-refractivity contribution in [1.82, 2.24) is 4.90 Å². The first-order valence-corrected chi connectivity index (χ1v) is 5.83. The van der Waals surface area contributed by atoms with Gasteiger partial charge in [0.2, 0.25) is 0 Å². The number of hydrogen-bond acceptors (Lipinski definition) is 2. The SMILES string of the molecule is C=C(CN1CCCC2CCCC21)C(=O)O. The first kappa shape index (κ1) is 10.7. The number of hydrogen-bond donors (Lipinski definition) is 1. The third-order valence-corrected chi connectivity index (χ3v) is 3.80. The van der Waals surface area contributed by atoms with Crippen LogP contribution in [0.3, 0.4) is 0 Å². The van der Waals surface area contributed by atoms with Crippen LogP contribution in [0.25, 0.3) is 0 Å². The quantitative estimate of drug-likeness (QED) is 0.722. The molecule has 15 heavy (non-hydrogen) atoms. The second kappa shape index (κ2) is 4.35. The minimum absolute atomic E-state index is 0.336. The highest BCUT2D eigenvalue weighted by atomic mass is 16.4. The summed E-state index contributed by atoms with van der Waals surface area (Å²) in [4.78, 5) is 13.1. The van der Waals surface area contributed by atoms with E-state index in [1.807, 2.05) is 0 Å². The molecular formula is C12H19NO2. The Bertz CT molecular complexity index is 275. The van der Waals surface area contributed by atoms with Gasteiger partial charge in [-0.15, -0.1) is 0 Å². The van der Waals surface area contributed by atoms with E-state index in [9.17, 15) is 4.79 Å². The minimum atomic E-state index is -0.852. The van der Waals surface area contributed by atoms with Crippen LogP contribution in [0.5, 0.6) is 0 Å². The van der Waals surface area contributed by atoms with E-state index in [1.54, 1.807) is 0 Å². The maximum atomic E-state index is 10.7. The van der Waals surface area contributed by atoms with E-state index in [0.717, 1.165) is 12.5 Å². The predicted molar refractivity (Wildman–Crippen MR) is 58.7 cm³/mol. The fraction of sp³-hybridized carbons (Fsp3) is 0.750. The van der Waals surface area contributed by atoms with Gasteiger partial charge in [0, 0.05) is 18.2 Å². The summed E-state index contributed by atoms with van der Waals surface area (Å²) in [5.41, 5.74) is 0.336. The maximum Gasteiger partial charge on any atom is 0.332 e. The maximum absolute atomic E-state index is 10.7. The molecule has 1 heterocycles. The third-order valence-electron chi connectivity index (χ3n) is 3.80. The molecule has 0 spiro atoms. The lowest BCUT2D eigenvalue weighted by atomic mass is 9.91. The summed E-state index contributed by atoms with van der Waals surface area (Å²) in [5, 5.41) is 8.83. The number of aliphatic carboxylic acids is 1. The summed E-state index contributed by atoms with van der Waals surface area (Å²) >= 11 is 0. The van der Waals surface area contributed by atoms with Gasteiger partial charge in [0.05, 0.1) is 0 Å². The van der Waals surface area contributed by atoms with Crippen molar-refractivity contribution in [1.29, 1.82) is 0 Å². The zero-order valence-electron chi connectivity index (χ0n) is 9.11. The van der Waals surface area contributed by atoms with Crippen LogP contribution < -0.4 is 0 Å². The summed E-state index contributed by atoms with van der Waals surface area (Å²) < 4.78 is 0. The van der Waals surface area contributed by atoms with E-state index < -0.39 is 5.97 Å². The summed E-state index contributed by atoms with van der Waals surface area (Å²) in [7, 11) is 0. The van der Waals surface area contributed by atoms with E-state index in [4.69, 9.17) is 5.11 Å². The van der Waals surface area contributed by atoms with Crippen LogP contribution in [0.4, 0.5) is 0 Å². The molecule has 1 saturated carbocycles. The van der Waals surface area contributed by atoms with Gasteiger partial charge in [0.25, 0.3) is 0 Å². The number of rotatable bonds is 3. The van der Waals surface area contributed by atoms with Crippen molar-refractivity contribution in [2.24, 2.45) is 5.92 Å². The Morgan fingerprint density at radius 3 is 2.80 bits per heavy atom. The number of carboxylic acids is 1. The highest BCUT2D eigenvalue weighted by molar-refractivity contribution is 5.86. The first-order chi connectivity index (χ1) is 7.18. The Kier molecular flexibility index (Phi) is 3.10. The summed E-state index contributed by atoms with van der Waals surface area (Å²) in [5.74, 6) is -0.0320. The van der Waals surface area contributed by atoms with Gasteiger partial charge in [-0.3, -0.25) is 4.90 Å². The molecule has 2 atom stereocenters. The van der Waals surface area contributed by atoms with Crippen molar-refractivity contribution >= 4 is 5.97 Å². The molecule has 1 aliphatic carbocycles. The van der Waals surface area contributed by atoms with E-state index in [2.05, 4.69) is 11.5 Å². The summed E-state index contributed by atoms with van der Waals surface area (Å²) in [6, 6.07) is 0.634. The lowest BCUT2D eigenvalue weighted by Crippen LogP contribution is -2.43. The third kappa shape index (κ3) is 2.23. The molecule has 1 N–H and O–H groups in total. The minimum Gasteiger partial charge on any atom is -0.478 e. The highest BCUT2D eigenvalue weighted by Crippen LogP contribution is 2.36. The topological polar surface area (TPSA) is 40.5 Å². The van der Waals surface area contributed by atoms with Gasteiger partial charge in [-0.2, -0.15) is 0 Å². The monoisotopic (exact) mass is 209 g/mol. The Hall–Kier alpha value is -0.830. The number of carboxylic acid groups (broad SMARTS) is 1. The molecule has 1 aliphatic heterocycles. The van der Waals surface area contributed by atoms with E-state index in [0.29, 0.717) is 18.2 Å². The second-order valence-electron chi connectivity index (χ2n) is 4.78. The van der Waals surface area contributed by atoms with Crippen LogP contribution in [0.15, 0.2) is 12.2 Å². The molecule has 1 saturated heterocycles. The van der Waals surface area contributed by atoms with Crippen LogP contribution in [0, 0.1) is 5.92 Å².